The lowest BCUT2D eigenvalue weighted by Gasteiger charge is -1.96. The molecule has 1 rings (SSSR count). The molecule has 0 bridgehead atoms. The first-order valence-electron chi connectivity index (χ1n) is 3.00. The summed E-state index contributed by atoms with van der Waals surface area (Å²) in [6, 6.07) is 2.39. The Hall–Kier alpha value is -1.58. The van der Waals surface area contributed by atoms with Crippen LogP contribution in [0.3, 0.4) is 0 Å². The Labute approximate surface area is 63.1 Å². The van der Waals surface area contributed by atoms with Crippen LogP contribution >= 0.6 is 0 Å². The Morgan fingerprint density at radius 3 is 2.18 bits per heavy atom. The van der Waals surface area contributed by atoms with Crippen LogP contribution in [0.25, 0.3) is 0 Å². The first-order chi connectivity index (χ1) is 5.09. The Morgan fingerprint density at radius 1 is 1.36 bits per heavy atom. The molecule has 11 heavy (non-hydrogen) atoms. The number of aromatic hydroxyl groups is 2. The minimum atomic E-state index is -0.352. The molecule has 0 aromatic carbocycles. The highest BCUT2D eigenvalue weighted by Crippen LogP contribution is 2.15. The van der Waals surface area contributed by atoms with Crippen molar-refractivity contribution < 1.29 is 15.0 Å². The van der Waals surface area contributed by atoms with Gasteiger partial charge in [-0.05, 0) is 6.92 Å². The molecule has 0 atom stereocenters. The maximum atomic E-state index is 10.7. The highest BCUT2D eigenvalue weighted by Gasteiger charge is 2.03. The van der Waals surface area contributed by atoms with Crippen molar-refractivity contribution in [2.45, 2.75) is 6.92 Å². The quantitative estimate of drug-likeness (QED) is 0.582. The molecule has 0 aliphatic carbocycles. The number of hydrogen-bond acceptors (Lipinski definition) is 4. The predicted molar refractivity (Wildman–Crippen MR) is 37.6 cm³/mol. The topological polar surface area (TPSA) is 70.4 Å². The SMILES string of the molecule is CC(=O)c1cc(O)nc(O)c1. The summed E-state index contributed by atoms with van der Waals surface area (Å²) in [7, 11) is 0. The van der Waals surface area contributed by atoms with E-state index in [2.05, 4.69) is 4.98 Å². The van der Waals surface area contributed by atoms with E-state index in [9.17, 15) is 4.79 Å². The number of rotatable bonds is 1. The number of hydrogen-bond donors (Lipinski definition) is 2. The van der Waals surface area contributed by atoms with Gasteiger partial charge in [-0.1, -0.05) is 0 Å². The molecule has 0 amide bonds. The predicted octanol–water partition coefficient (Wildman–Crippen LogP) is 0.695. The van der Waals surface area contributed by atoms with E-state index >= 15 is 0 Å². The lowest BCUT2D eigenvalue weighted by molar-refractivity contribution is 0.101. The van der Waals surface area contributed by atoms with Crippen LogP contribution in [0.4, 0.5) is 0 Å². The third-order valence-corrected chi connectivity index (χ3v) is 1.20. The summed E-state index contributed by atoms with van der Waals surface area (Å²) in [6.07, 6.45) is 0. The van der Waals surface area contributed by atoms with Crippen LogP contribution in [-0.4, -0.2) is 21.0 Å². The largest absolute Gasteiger partial charge is 0.493 e. The zero-order valence-corrected chi connectivity index (χ0v) is 5.90. The van der Waals surface area contributed by atoms with E-state index in [4.69, 9.17) is 10.2 Å². The number of Topliss-reactive ketones (excluding diaryl/α,β-unsaturated/α-hetero) is 1. The second kappa shape index (κ2) is 2.57. The van der Waals surface area contributed by atoms with Crippen molar-refractivity contribution in [1.29, 1.82) is 0 Å². The van der Waals surface area contributed by atoms with Gasteiger partial charge in [0.05, 0.1) is 0 Å². The van der Waals surface area contributed by atoms with Crippen molar-refractivity contribution in [3.63, 3.8) is 0 Å². The molecule has 0 aliphatic heterocycles. The molecule has 1 heterocycles. The van der Waals surface area contributed by atoms with Crippen LogP contribution in [-0.2, 0) is 0 Å². The van der Waals surface area contributed by atoms with Gasteiger partial charge >= 0.3 is 0 Å². The maximum Gasteiger partial charge on any atom is 0.214 e. The fourth-order valence-corrected chi connectivity index (χ4v) is 0.705. The van der Waals surface area contributed by atoms with E-state index in [0.29, 0.717) is 0 Å². The smallest absolute Gasteiger partial charge is 0.214 e. The monoisotopic (exact) mass is 153 g/mol. The summed E-state index contributed by atoms with van der Waals surface area (Å²) in [5.41, 5.74) is 0.245. The third-order valence-electron chi connectivity index (χ3n) is 1.20. The van der Waals surface area contributed by atoms with Crippen molar-refractivity contribution in [3.05, 3.63) is 17.7 Å². The Bertz CT molecular complexity index is 275. The fraction of sp³-hybridized carbons (Fsp3) is 0.143. The Balaban J connectivity index is 3.19. The van der Waals surface area contributed by atoms with Crippen LogP contribution in [0.5, 0.6) is 11.8 Å². The van der Waals surface area contributed by atoms with E-state index in [1.54, 1.807) is 0 Å². The summed E-state index contributed by atoms with van der Waals surface area (Å²) in [5.74, 6) is -0.927. The molecule has 0 radical (unpaired) electrons. The molecule has 1 aromatic heterocycles. The molecule has 0 unspecified atom stereocenters. The molecule has 0 fully saturated rings. The number of ketones is 1. The van der Waals surface area contributed by atoms with Crippen molar-refractivity contribution in [3.8, 4) is 11.8 Å². The van der Waals surface area contributed by atoms with Gasteiger partial charge in [-0.3, -0.25) is 4.79 Å². The lowest BCUT2D eigenvalue weighted by Crippen LogP contribution is -1.91. The van der Waals surface area contributed by atoms with Gasteiger partial charge in [0.15, 0.2) is 5.78 Å². The van der Waals surface area contributed by atoms with Gasteiger partial charge in [0, 0.05) is 17.7 Å². The minimum absolute atomic E-state index is 0.224. The van der Waals surface area contributed by atoms with E-state index in [1.807, 2.05) is 0 Å². The molecule has 4 nitrogen and oxygen atoms in total. The third kappa shape index (κ3) is 1.67. The highest BCUT2D eigenvalue weighted by atomic mass is 16.3. The maximum absolute atomic E-state index is 10.7. The fourth-order valence-electron chi connectivity index (χ4n) is 0.705. The van der Waals surface area contributed by atoms with Gasteiger partial charge in [0.2, 0.25) is 11.8 Å². The number of nitrogens with zero attached hydrogens (tertiary/aromatic N) is 1. The van der Waals surface area contributed by atoms with Crippen molar-refractivity contribution in [2.75, 3.05) is 0 Å². The average molecular weight is 153 g/mol. The molecular formula is C7H7NO3. The Morgan fingerprint density at radius 2 is 1.82 bits per heavy atom. The molecule has 0 saturated heterocycles. The van der Waals surface area contributed by atoms with Crippen molar-refractivity contribution in [1.82, 2.24) is 4.98 Å². The van der Waals surface area contributed by atoms with Gasteiger partial charge in [0.25, 0.3) is 0 Å². The van der Waals surface area contributed by atoms with Gasteiger partial charge in [0.1, 0.15) is 0 Å². The molecule has 0 spiro atoms. The molecule has 0 aliphatic rings. The average Bonchev–Trinajstić information content (AvgIpc) is 1.85. The standard InChI is InChI=1S/C7H7NO3/c1-4(9)5-2-6(10)8-7(11)3-5/h2-3H,1H3,(H2,8,10,11). The first-order valence-corrected chi connectivity index (χ1v) is 3.00. The van der Waals surface area contributed by atoms with Gasteiger partial charge in [-0.15, -0.1) is 0 Å². The summed E-state index contributed by atoms with van der Waals surface area (Å²) < 4.78 is 0. The molecule has 58 valence electrons. The second-order valence-corrected chi connectivity index (χ2v) is 2.13. The van der Waals surface area contributed by atoms with Gasteiger partial charge in [-0.2, -0.15) is 4.98 Å². The summed E-state index contributed by atoms with van der Waals surface area (Å²) in [4.78, 5) is 14.0. The summed E-state index contributed by atoms with van der Waals surface area (Å²) in [6.45, 7) is 1.34. The van der Waals surface area contributed by atoms with Crippen LogP contribution in [0.2, 0.25) is 0 Å². The number of carbonyl (C=O) groups excluding carboxylic acids is 1. The number of pyridine rings is 1. The van der Waals surface area contributed by atoms with Crippen LogP contribution in [0.1, 0.15) is 17.3 Å². The zero-order valence-electron chi connectivity index (χ0n) is 5.90. The van der Waals surface area contributed by atoms with Crippen molar-refractivity contribution in [2.24, 2.45) is 0 Å². The Kier molecular flexibility index (Phi) is 1.76. The molecule has 1 aromatic rings. The van der Waals surface area contributed by atoms with Crippen molar-refractivity contribution >= 4 is 5.78 Å². The van der Waals surface area contributed by atoms with E-state index in [1.165, 1.54) is 19.1 Å². The number of carbonyl (C=O) groups is 1. The second-order valence-electron chi connectivity index (χ2n) is 2.13. The lowest BCUT2D eigenvalue weighted by atomic mass is 10.2. The van der Waals surface area contributed by atoms with E-state index in [0.717, 1.165) is 0 Å². The summed E-state index contributed by atoms with van der Waals surface area (Å²) >= 11 is 0. The van der Waals surface area contributed by atoms with Crippen LogP contribution in [0.15, 0.2) is 12.1 Å². The molecule has 4 heteroatoms. The van der Waals surface area contributed by atoms with Gasteiger partial charge in [-0.25, -0.2) is 0 Å². The van der Waals surface area contributed by atoms with Gasteiger partial charge < -0.3 is 10.2 Å². The van der Waals surface area contributed by atoms with Crippen LogP contribution in [0, 0.1) is 0 Å². The number of aromatic nitrogens is 1. The molecular weight excluding hydrogens is 146 g/mol. The normalized spacial score (nSPS) is 9.55. The zero-order chi connectivity index (χ0) is 8.43. The van der Waals surface area contributed by atoms with E-state index in [-0.39, 0.29) is 23.1 Å². The first kappa shape index (κ1) is 7.53. The van der Waals surface area contributed by atoms with Crippen LogP contribution < -0.4 is 0 Å². The highest BCUT2D eigenvalue weighted by molar-refractivity contribution is 5.94. The summed E-state index contributed by atoms with van der Waals surface area (Å²) in [5, 5.41) is 17.6. The minimum Gasteiger partial charge on any atom is -0.493 e. The molecule has 2 N–H and O–H groups in total. The molecule has 0 saturated carbocycles. The van der Waals surface area contributed by atoms with E-state index < -0.39 is 0 Å².